The van der Waals surface area contributed by atoms with Crippen molar-refractivity contribution in [3.05, 3.63) is 35.9 Å². The van der Waals surface area contributed by atoms with E-state index >= 15 is 0 Å². The molecule has 1 aromatic carbocycles. The zero-order valence-corrected chi connectivity index (χ0v) is 25.3. The summed E-state index contributed by atoms with van der Waals surface area (Å²) in [5, 5.41) is 18.1. The van der Waals surface area contributed by atoms with Crippen LogP contribution in [0.4, 0.5) is 0 Å². The van der Waals surface area contributed by atoms with Crippen molar-refractivity contribution in [1.29, 1.82) is 0 Å². The van der Waals surface area contributed by atoms with Gasteiger partial charge in [-0.3, -0.25) is 34.2 Å². The van der Waals surface area contributed by atoms with Crippen molar-refractivity contribution < 1.29 is 38.6 Å². The number of amides is 5. The number of carboxylic acids is 1. The van der Waals surface area contributed by atoms with E-state index in [0.717, 1.165) is 12.8 Å². The summed E-state index contributed by atoms with van der Waals surface area (Å²) >= 11 is 0. The van der Waals surface area contributed by atoms with Gasteiger partial charge in [0.15, 0.2) is 12.2 Å². The Morgan fingerprint density at radius 2 is 1.60 bits per heavy atom. The van der Waals surface area contributed by atoms with Gasteiger partial charge in [0.25, 0.3) is 17.7 Å². The number of epoxide rings is 1. The molecule has 1 heterocycles. The first-order valence-electron chi connectivity index (χ1n) is 14.4. The van der Waals surface area contributed by atoms with E-state index in [9.17, 15) is 33.9 Å². The zero-order valence-electron chi connectivity index (χ0n) is 25.3. The summed E-state index contributed by atoms with van der Waals surface area (Å²) in [7, 11) is 0. The molecule has 7 N–H and O–H groups in total. The lowest BCUT2D eigenvalue weighted by atomic mass is 10.0. The van der Waals surface area contributed by atoms with Crippen molar-refractivity contribution in [2.45, 2.75) is 84.2 Å². The zero-order chi connectivity index (χ0) is 32.3. The van der Waals surface area contributed by atoms with Crippen LogP contribution in [0.15, 0.2) is 30.3 Å². The fourth-order valence-corrected chi connectivity index (χ4v) is 4.36. The van der Waals surface area contributed by atoms with Crippen LogP contribution >= 0.6 is 0 Å². The lowest BCUT2D eigenvalue weighted by molar-refractivity contribution is -0.151. The smallest absolute Gasteiger partial charge is 0.325 e. The molecule has 5 amide bonds. The molecule has 0 saturated carbocycles. The summed E-state index contributed by atoms with van der Waals surface area (Å²) in [5.41, 5.74) is 8.73. The predicted octanol–water partition coefficient (Wildman–Crippen LogP) is -0.534. The van der Waals surface area contributed by atoms with Crippen LogP contribution in [0.3, 0.4) is 0 Å². The van der Waals surface area contributed by atoms with Crippen molar-refractivity contribution in [1.82, 2.24) is 26.4 Å². The lowest BCUT2D eigenvalue weighted by Crippen LogP contribution is -2.58. The molecular weight excluding hydrogens is 560 g/mol. The third-order valence-corrected chi connectivity index (χ3v) is 6.72. The van der Waals surface area contributed by atoms with Crippen molar-refractivity contribution in [3.8, 4) is 0 Å². The van der Waals surface area contributed by atoms with Crippen LogP contribution in [0.1, 0.15) is 53.0 Å². The quantitative estimate of drug-likeness (QED) is 0.0765. The number of benzene rings is 1. The van der Waals surface area contributed by atoms with Gasteiger partial charge in [-0.1, -0.05) is 58.0 Å². The molecule has 0 radical (unpaired) electrons. The lowest BCUT2D eigenvalue weighted by Gasteiger charge is -2.26. The van der Waals surface area contributed by atoms with Gasteiger partial charge in [0.05, 0.1) is 6.04 Å². The molecule has 1 saturated heterocycles. The Morgan fingerprint density at radius 1 is 0.953 bits per heavy atom. The summed E-state index contributed by atoms with van der Waals surface area (Å²) in [6.07, 6.45) is -0.748. The van der Waals surface area contributed by atoms with Crippen molar-refractivity contribution >= 4 is 35.5 Å². The van der Waals surface area contributed by atoms with E-state index in [0.29, 0.717) is 11.6 Å². The van der Waals surface area contributed by atoms with Crippen LogP contribution in [0.2, 0.25) is 0 Å². The van der Waals surface area contributed by atoms with E-state index in [1.807, 2.05) is 58.0 Å². The standard InChI is InChI=1S/C29H44N6O8/c1-16(2)14-20(25(30)38)33-28(41)23-24(43-23)29(42)35(15-21(36)37)34-26(39)18(5)32-27(40)22(17(3)4)31-13-9-12-19-10-7-6-8-11-19/h6-8,10-11,16-18,20,22-24,31H,9,12-15H2,1-5H3,(H2,30,38)(H,32,40)(H,33,41)(H,34,39)(H,36,37)/t18?,20?,22?,23-,24-/m1/s1. The van der Waals surface area contributed by atoms with E-state index in [1.165, 1.54) is 12.5 Å². The number of rotatable bonds is 17. The number of nitrogens with zero attached hydrogens (tertiary/aromatic N) is 1. The first-order chi connectivity index (χ1) is 20.2. The molecule has 1 aliphatic heterocycles. The van der Waals surface area contributed by atoms with Gasteiger partial charge in [-0.2, -0.15) is 0 Å². The van der Waals surface area contributed by atoms with Crippen LogP contribution in [-0.4, -0.2) is 89.0 Å². The maximum atomic E-state index is 13.0. The highest BCUT2D eigenvalue weighted by Gasteiger charge is 2.53. The van der Waals surface area contributed by atoms with Crippen molar-refractivity contribution in [2.24, 2.45) is 17.6 Å². The van der Waals surface area contributed by atoms with E-state index in [2.05, 4.69) is 21.4 Å². The second-order valence-corrected chi connectivity index (χ2v) is 11.4. The van der Waals surface area contributed by atoms with Crippen LogP contribution in [0, 0.1) is 11.8 Å². The van der Waals surface area contributed by atoms with Crippen LogP contribution in [0.25, 0.3) is 0 Å². The molecule has 14 heteroatoms. The molecule has 238 valence electrons. The van der Waals surface area contributed by atoms with Crippen LogP contribution in [-0.2, 0) is 39.9 Å². The highest BCUT2D eigenvalue weighted by molar-refractivity contribution is 5.98. The number of hydrazine groups is 1. The molecule has 2 rings (SSSR count). The molecule has 3 unspecified atom stereocenters. The monoisotopic (exact) mass is 604 g/mol. The number of carboxylic acid groups (broad SMARTS) is 1. The Balaban J connectivity index is 1.93. The highest BCUT2D eigenvalue weighted by Crippen LogP contribution is 2.24. The number of nitrogens with one attached hydrogen (secondary N) is 4. The van der Waals surface area contributed by atoms with Gasteiger partial charge < -0.3 is 31.5 Å². The van der Waals surface area contributed by atoms with E-state index in [-0.39, 0.29) is 18.3 Å². The summed E-state index contributed by atoms with van der Waals surface area (Å²) in [5.74, 6) is -5.24. The average molecular weight is 605 g/mol. The van der Waals surface area contributed by atoms with Gasteiger partial charge in [-0.05, 0) is 50.1 Å². The number of hydrogen-bond acceptors (Lipinski definition) is 8. The minimum atomic E-state index is -1.43. The first kappa shape index (κ1) is 35.2. The van der Waals surface area contributed by atoms with Crippen LogP contribution in [0.5, 0.6) is 0 Å². The maximum Gasteiger partial charge on any atom is 0.325 e. The Morgan fingerprint density at radius 3 is 2.16 bits per heavy atom. The first-order valence-corrected chi connectivity index (χ1v) is 14.4. The van der Waals surface area contributed by atoms with E-state index < -0.39 is 72.4 Å². The highest BCUT2D eigenvalue weighted by atomic mass is 16.6. The number of nitrogens with two attached hydrogens (primary N) is 1. The molecule has 0 aromatic heterocycles. The molecule has 5 atom stereocenters. The number of ether oxygens (including phenoxy) is 1. The minimum Gasteiger partial charge on any atom is -0.480 e. The van der Waals surface area contributed by atoms with Gasteiger partial charge in [-0.25, -0.2) is 5.01 Å². The Hall–Kier alpha value is -4.04. The topological polar surface area (TPSA) is 213 Å². The molecule has 0 bridgehead atoms. The summed E-state index contributed by atoms with van der Waals surface area (Å²) in [6.45, 7) is 8.45. The molecule has 14 nitrogen and oxygen atoms in total. The maximum absolute atomic E-state index is 13.0. The van der Waals surface area contributed by atoms with Gasteiger partial charge in [0.2, 0.25) is 11.8 Å². The summed E-state index contributed by atoms with van der Waals surface area (Å²) in [4.78, 5) is 74.4. The van der Waals surface area contributed by atoms with Crippen LogP contribution < -0.4 is 27.1 Å². The SMILES string of the molecule is CC(C)CC(NC(=O)[C@@H]1O[C@H]1C(=O)N(CC(=O)O)NC(=O)C(C)NC(=O)C(NCCCc1ccccc1)C(C)C)C(N)=O. The summed E-state index contributed by atoms with van der Waals surface area (Å²) < 4.78 is 5.15. The number of primary amides is 1. The fourth-order valence-electron chi connectivity index (χ4n) is 4.36. The molecule has 1 aliphatic rings. The third-order valence-electron chi connectivity index (χ3n) is 6.72. The number of aliphatic carboxylic acids is 1. The van der Waals surface area contributed by atoms with Gasteiger partial charge in [0, 0.05) is 0 Å². The predicted molar refractivity (Wildman–Crippen MR) is 156 cm³/mol. The molecular formula is C29H44N6O8. The number of aryl methyl sites for hydroxylation is 1. The molecule has 0 aliphatic carbocycles. The summed E-state index contributed by atoms with van der Waals surface area (Å²) in [6, 6.07) is 7.24. The van der Waals surface area contributed by atoms with Gasteiger partial charge in [-0.15, -0.1) is 0 Å². The third kappa shape index (κ3) is 11.6. The average Bonchev–Trinajstić information content (AvgIpc) is 3.72. The van der Waals surface area contributed by atoms with E-state index in [4.69, 9.17) is 10.5 Å². The Labute approximate surface area is 251 Å². The Kier molecular flexibility index (Phi) is 13.5. The Bertz CT molecular complexity index is 1150. The largest absolute Gasteiger partial charge is 0.480 e. The number of carbonyl (C=O) groups is 6. The van der Waals surface area contributed by atoms with Gasteiger partial charge >= 0.3 is 5.97 Å². The molecule has 1 aromatic rings. The second-order valence-electron chi connectivity index (χ2n) is 11.4. The molecule has 43 heavy (non-hydrogen) atoms. The normalized spacial score (nSPS) is 17.8. The second kappa shape index (κ2) is 16.6. The molecule has 1 fully saturated rings. The number of carbonyl (C=O) groups excluding carboxylic acids is 5. The molecule has 0 spiro atoms. The van der Waals surface area contributed by atoms with Crippen molar-refractivity contribution in [3.63, 3.8) is 0 Å². The van der Waals surface area contributed by atoms with Crippen molar-refractivity contribution in [2.75, 3.05) is 13.1 Å². The minimum absolute atomic E-state index is 0.0466. The van der Waals surface area contributed by atoms with E-state index in [1.54, 1.807) is 0 Å². The van der Waals surface area contributed by atoms with Gasteiger partial charge in [0.1, 0.15) is 18.6 Å². The fraction of sp³-hybridized carbons (Fsp3) is 0.586. The number of hydrogen-bond donors (Lipinski definition) is 6.